The van der Waals surface area contributed by atoms with Crippen molar-refractivity contribution in [3.63, 3.8) is 0 Å². The van der Waals surface area contributed by atoms with Crippen LogP contribution >= 0.6 is 0 Å². The van der Waals surface area contributed by atoms with Crippen molar-refractivity contribution in [3.05, 3.63) is 53.6 Å². The Labute approximate surface area is 82.0 Å². The highest BCUT2D eigenvalue weighted by molar-refractivity contribution is 5.27. The molecule has 2 rings (SSSR count). The maximum absolute atomic E-state index is 13.2. The van der Waals surface area contributed by atoms with E-state index in [9.17, 15) is 4.39 Å². The summed E-state index contributed by atoms with van der Waals surface area (Å²) in [5.74, 6) is -0.158. The summed E-state index contributed by atoms with van der Waals surface area (Å²) in [5, 5.41) is 4.08. The summed E-state index contributed by atoms with van der Waals surface area (Å²) in [4.78, 5) is 0. The second kappa shape index (κ2) is 3.62. The topological polar surface area (TPSA) is 17.8 Å². The predicted octanol–water partition coefficient (Wildman–Crippen LogP) is 2.38. The monoisotopic (exact) mass is 190 g/mol. The molecule has 0 aliphatic carbocycles. The van der Waals surface area contributed by atoms with Crippen molar-refractivity contribution in [1.82, 2.24) is 9.78 Å². The van der Waals surface area contributed by atoms with Crippen LogP contribution < -0.4 is 0 Å². The molecule has 0 aliphatic rings. The summed E-state index contributed by atoms with van der Waals surface area (Å²) in [6.07, 6.45) is 3.58. The summed E-state index contributed by atoms with van der Waals surface area (Å²) in [6.45, 7) is 2.41. The number of hydrogen-bond donors (Lipinski definition) is 0. The Balaban J connectivity index is 2.29. The first-order valence-electron chi connectivity index (χ1n) is 4.49. The van der Waals surface area contributed by atoms with Crippen LogP contribution in [0.4, 0.5) is 4.39 Å². The second-order valence-corrected chi connectivity index (χ2v) is 3.23. The highest BCUT2D eigenvalue weighted by atomic mass is 19.1. The van der Waals surface area contributed by atoms with Gasteiger partial charge in [0.05, 0.1) is 6.54 Å². The maximum atomic E-state index is 13.2. The molecule has 0 amide bonds. The molecule has 0 spiro atoms. The van der Waals surface area contributed by atoms with E-state index < -0.39 is 0 Å². The summed E-state index contributed by atoms with van der Waals surface area (Å²) in [6, 6.07) is 6.97. The van der Waals surface area contributed by atoms with E-state index in [-0.39, 0.29) is 5.82 Å². The van der Waals surface area contributed by atoms with Crippen LogP contribution in [0.3, 0.4) is 0 Å². The minimum Gasteiger partial charge on any atom is -0.268 e. The van der Waals surface area contributed by atoms with Crippen LogP contribution in [-0.2, 0) is 6.54 Å². The molecule has 0 atom stereocenters. The minimum atomic E-state index is -0.158. The largest absolute Gasteiger partial charge is 0.268 e. The molecule has 0 radical (unpaired) electrons. The highest BCUT2D eigenvalue weighted by Gasteiger charge is 2.03. The molecular weight excluding hydrogens is 179 g/mol. The zero-order valence-electron chi connectivity index (χ0n) is 7.94. The Bertz CT molecular complexity index is 421. The van der Waals surface area contributed by atoms with Crippen LogP contribution in [0, 0.1) is 12.7 Å². The first-order chi connectivity index (χ1) is 6.77. The lowest BCUT2D eigenvalue weighted by Gasteiger charge is -2.06. The van der Waals surface area contributed by atoms with Crippen LogP contribution in [0.15, 0.2) is 36.7 Å². The zero-order valence-corrected chi connectivity index (χ0v) is 7.94. The molecule has 1 aromatic heterocycles. The van der Waals surface area contributed by atoms with Crippen molar-refractivity contribution in [2.75, 3.05) is 0 Å². The summed E-state index contributed by atoms with van der Waals surface area (Å²) < 4.78 is 15.0. The molecule has 2 aromatic rings. The third-order valence-electron chi connectivity index (χ3n) is 2.27. The van der Waals surface area contributed by atoms with Crippen molar-refractivity contribution in [3.8, 4) is 0 Å². The molecule has 0 bridgehead atoms. The van der Waals surface area contributed by atoms with E-state index in [4.69, 9.17) is 0 Å². The Morgan fingerprint density at radius 3 is 2.93 bits per heavy atom. The summed E-state index contributed by atoms with van der Waals surface area (Å²) >= 11 is 0. The van der Waals surface area contributed by atoms with Crippen molar-refractivity contribution in [2.45, 2.75) is 13.5 Å². The molecule has 0 saturated heterocycles. The van der Waals surface area contributed by atoms with Crippen LogP contribution in [0.25, 0.3) is 0 Å². The molecule has 0 saturated carbocycles. The van der Waals surface area contributed by atoms with E-state index in [0.29, 0.717) is 12.1 Å². The van der Waals surface area contributed by atoms with E-state index >= 15 is 0 Å². The molecule has 2 nitrogen and oxygen atoms in total. The lowest BCUT2D eigenvalue weighted by molar-refractivity contribution is 0.608. The fourth-order valence-electron chi connectivity index (χ4n) is 1.39. The molecule has 0 aliphatic heterocycles. The first kappa shape index (κ1) is 8.94. The van der Waals surface area contributed by atoms with Gasteiger partial charge in [-0.15, -0.1) is 0 Å². The molecule has 1 aromatic carbocycles. The Morgan fingerprint density at radius 2 is 2.21 bits per heavy atom. The van der Waals surface area contributed by atoms with Crippen molar-refractivity contribution < 1.29 is 4.39 Å². The van der Waals surface area contributed by atoms with Crippen molar-refractivity contribution in [2.24, 2.45) is 0 Å². The molecule has 0 fully saturated rings. The number of nitrogens with zero attached hydrogens (tertiary/aromatic N) is 2. The van der Waals surface area contributed by atoms with Gasteiger partial charge in [-0.1, -0.05) is 12.1 Å². The van der Waals surface area contributed by atoms with E-state index in [2.05, 4.69) is 5.10 Å². The minimum absolute atomic E-state index is 0.158. The highest BCUT2D eigenvalue weighted by Crippen LogP contribution is 2.12. The van der Waals surface area contributed by atoms with E-state index in [1.54, 1.807) is 23.9 Å². The molecule has 1 heterocycles. The van der Waals surface area contributed by atoms with Gasteiger partial charge in [-0.25, -0.2) is 4.39 Å². The van der Waals surface area contributed by atoms with E-state index in [1.807, 2.05) is 18.3 Å². The second-order valence-electron chi connectivity index (χ2n) is 3.23. The standard InChI is InChI=1S/C11H11FN2/c1-9-10(4-2-5-11(9)12)8-14-7-3-6-13-14/h2-7H,8H2,1H3. The molecule has 0 N–H and O–H groups in total. The lowest BCUT2D eigenvalue weighted by Crippen LogP contribution is -2.02. The summed E-state index contributed by atoms with van der Waals surface area (Å²) in [5.41, 5.74) is 1.66. The molecule has 3 heteroatoms. The number of halogens is 1. The lowest BCUT2D eigenvalue weighted by atomic mass is 10.1. The number of benzene rings is 1. The fourth-order valence-corrected chi connectivity index (χ4v) is 1.39. The van der Waals surface area contributed by atoms with Gasteiger partial charge in [-0.05, 0) is 30.2 Å². The van der Waals surface area contributed by atoms with Crippen LogP contribution in [0.1, 0.15) is 11.1 Å². The van der Waals surface area contributed by atoms with Crippen molar-refractivity contribution >= 4 is 0 Å². The predicted molar refractivity (Wildman–Crippen MR) is 52.5 cm³/mol. The number of hydrogen-bond acceptors (Lipinski definition) is 1. The van der Waals surface area contributed by atoms with Gasteiger partial charge in [0.2, 0.25) is 0 Å². The Morgan fingerprint density at radius 1 is 1.36 bits per heavy atom. The Kier molecular flexibility index (Phi) is 2.31. The van der Waals surface area contributed by atoms with Gasteiger partial charge in [0.15, 0.2) is 0 Å². The van der Waals surface area contributed by atoms with Gasteiger partial charge < -0.3 is 0 Å². The SMILES string of the molecule is Cc1c(F)cccc1Cn1cccn1. The van der Waals surface area contributed by atoms with Gasteiger partial charge >= 0.3 is 0 Å². The maximum Gasteiger partial charge on any atom is 0.126 e. The van der Waals surface area contributed by atoms with Crippen LogP contribution in [0.5, 0.6) is 0 Å². The van der Waals surface area contributed by atoms with Gasteiger partial charge in [0, 0.05) is 12.4 Å². The van der Waals surface area contributed by atoms with Gasteiger partial charge in [0.25, 0.3) is 0 Å². The average molecular weight is 190 g/mol. The third-order valence-corrected chi connectivity index (χ3v) is 2.27. The fraction of sp³-hybridized carbons (Fsp3) is 0.182. The van der Waals surface area contributed by atoms with Crippen LogP contribution in [0.2, 0.25) is 0 Å². The van der Waals surface area contributed by atoms with Crippen molar-refractivity contribution in [1.29, 1.82) is 0 Å². The Hall–Kier alpha value is -1.64. The van der Waals surface area contributed by atoms with Gasteiger partial charge in [-0.2, -0.15) is 5.10 Å². The smallest absolute Gasteiger partial charge is 0.126 e. The van der Waals surface area contributed by atoms with E-state index in [0.717, 1.165) is 5.56 Å². The summed E-state index contributed by atoms with van der Waals surface area (Å²) in [7, 11) is 0. The quantitative estimate of drug-likeness (QED) is 0.711. The van der Waals surface area contributed by atoms with Crippen LogP contribution in [-0.4, -0.2) is 9.78 Å². The molecule has 0 unspecified atom stereocenters. The molecular formula is C11H11FN2. The van der Waals surface area contributed by atoms with Gasteiger partial charge in [0.1, 0.15) is 5.82 Å². The average Bonchev–Trinajstić information content (AvgIpc) is 2.66. The molecule has 14 heavy (non-hydrogen) atoms. The normalized spacial score (nSPS) is 10.4. The number of rotatable bonds is 2. The third kappa shape index (κ3) is 1.66. The van der Waals surface area contributed by atoms with E-state index in [1.165, 1.54) is 6.07 Å². The zero-order chi connectivity index (χ0) is 9.97. The number of aromatic nitrogens is 2. The first-order valence-corrected chi connectivity index (χ1v) is 4.49. The van der Waals surface area contributed by atoms with Gasteiger partial charge in [-0.3, -0.25) is 4.68 Å². The molecule has 72 valence electrons.